The molecule has 2 aromatic heterocycles. The Bertz CT molecular complexity index is 900. The fourth-order valence-electron chi connectivity index (χ4n) is 2.85. The SMILES string of the molecule is CCOC(=O)c1c(N)n(C(CC)CO)c2nc3ccccc3nc12. The van der Waals surface area contributed by atoms with Crippen molar-refractivity contribution < 1.29 is 14.6 Å². The number of ether oxygens (including phenoxy) is 1. The van der Waals surface area contributed by atoms with E-state index in [2.05, 4.69) is 9.97 Å². The van der Waals surface area contributed by atoms with E-state index < -0.39 is 5.97 Å². The Balaban J connectivity index is 2.38. The van der Waals surface area contributed by atoms with Crippen LogP contribution in [-0.2, 0) is 4.74 Å². The number of nitrogen functional groups attached to an aromatic ring is 1. The van der Waals surface area contributed by atoms with Crippen molar-refractivity contribution in [3.05, 3.63) is 29.8 Å². The monoisotopic (exact) mass is 328 g/mol. The first kappa shape index (κ1) is 16.2. The molecule has 0 radical (unpaired) electrons. The highest BCUT2D eigenvalue weighted by molar-refractivity contribution is 6.08. The molecule has 1 unspecified atom stereocenters. The van der Waals surface area contributed by atoms with Gasteiger partial charge in [0.2, 0.25) is 0 Å². The van der Waals surface area contributed by atoms with Crippen LogP contribution in [-0.4, -0.2) is 38.8 Å². The molecule has 7 heteroatoms. The lowest BCUT2D eigenvalue weighted by Gasteiger charge is -2.17. The number of fused-ring (bicyclic) bond motifs is 2. The molecule has 0 spiro atoms. The van der Waals surface area contributed by atoms with Crippen LogP contribution in [0.15, 0.2) is 24.3 Å². The van der Waals surface area contributed by atoms with Gasteiger partial charge < -0.3 is 20.1 Å². The number of para-hydroxylation sites is 2. The molecular weight excluding hydrogens is 308 g/mol. The summed E-state index contributed by atoms with van der Waals surface area (Å²) in [5.74, 6) is -0.309. The molecule has 0 amide bonds. The molecule has 0 aliphatic carbocycles. The number of aliphatic hydroxyl groups excluding tert-OH is 1. The van der Waals surface area contributed by atoms with Gasteiger partial charge >= 0.3 is 5.97 Å². The number of esters is 1. The van der Waals surface area contributed by atoms with Crippen molar-refractivity contribution in [2.45, 2.75) is 26.3 Å². The van der Waals surface area contributed by atoms with E-state index in [0.29, 0.717) is 28.6 Å². The van der Waals surface area contributed by atoms with Crippen LogP contribution in [0.25, 0.3) is 22.2 Å². The van der Waals surface area contributed by atoms with Crippen LogP contribution in [0, 0.1) is 0 Å². The van der Waals surface area contributed by atoms with Crippen LogP contribution in [0.2, 0.25) is 0 Å². The summed E-state index contributed by atoms with van der Waals surface area (Å²) in [5, 5.41) is 9.69. The Morgan fingerprint density at radius 2 is 1.96 bits per heavy atom. The second kappa shape index (κ2) is 6.45. The van der Waals surface area contributed by atoms with Crippen LogP contribution in [0.1, 0.15) is 36.7 Å². The molecule has 126 valence electrons. The lowest BCUT2D eigenvalue weighted by atomic mass is 10.2. The highest BCUT2D eigenvalue weighted by Crippen LogP contribution is 2.32. The summed E-state index contributed by atoms with van der Waals surface area (Å²) in [5.41, 5.74) is 8.69. The third-order valence-electron chi connectivity index (χ3n) is 4.06. The van der Waals surface area contributed by atoms with E-state index in [-0.39, 0.29) is 30.6 Å². The number of hydrogen-bond acceptors (Lipinski definition) is 6. The van der Waals surface area contributed by atoms with E-state index in [0.717, 1.165) is 0 Å². The Kier molecular flexibility index (Phi) is 4.35. The summed E-state index contributed by atoms with van der Waals surface area (Å²) in [6.45, 7) is 3.80. The van der Waals surface area contributed by atoms with Gasteiger partial charge in [-0.2, -0.15) is 0 Å². The van der Waals surface area contributed by atoms with Crippen molar-refractivity contribution in [2.75, 3.05) is 18.9 Å². The minimum Gasteiger partial charge on any atom is -0.462 e. The Labute approximate surface area is 139 Å². The first-order valence-electron chi connectivity index (χ1n) is 7.96. The zero-order valence-electron chi connectivity index (χ0n) is 13.7. The molecule has 24 heavy (non-hydrogen) atoms. The largest absolute Gasteiger partial charge is 0.462 e. The van der Waals surface area contributed by atoms with Crippen molar-refractivity contribution in [2.24, 2.45) is 0 Å². The standard InChI is InChI=1S/C17H20N4O3/c1-3-10(9-22)21-15(18)13(17(23)24-4-2)14-16(21)20-12-8-6-5-7-11(12)19-14/h5-8,10,22H,3-4,9,18H2,1-2H3. The summed E-state index contributed by atoms with van der Waals surface area (Å²) in [6.07, 6.45) is 0.640. The number of aliphatic hydroxyl groups is 1. The van der Waals surface area contributed by atoms with Crippen LogP contribution in [0.3, 0.4) is 0 Å². The molecule has 2 heterocycles. The lowest BCUT2D eigenvalue weighted by molar-refractivity contribution is 0.0529. The Morgan fingerprint density at radius 1 is 1.29 bits per heavy atom. The van der Waals surface area contributed by atoms with Crippen molar-refractivity contribution in [3.8, 4) is 0 Å². The first-order chi connectivity index (χ1) is 11.6. The van der Waals surface area contributed by atoms with Crippen LogP contribution in [0.5, 0.6) is 0 Å². The lowest BCUT2D eigenvalue weighted by Crippen LogP contribution is -2.16. The zero-order valence-corrected chi connectivity index (χ0v) is 13.7. The number of aromatic nitrogens is 3. The molecule has 0 bridgehead atoms. The number of hydrogen-bond donors (Lipinski definition) is 2. The normalized spacial score (nSPS) is 12.6. The summed E-state index contributed by atoms with van der Waals surface area (Å²) >= 11 is 0. The summed E-state index contributed by atoms with van der Waals surface area (Å²) in [6, 6.07) is 7.11. The highest BCUT2D eigenvalue weighted by atomic mass is 16.5. The maximum absolute atomic E-state index is 12.4. The molecule has 0 fully saturated rings. The van der Waals surface area contributed by atoms with Gasteiger partial charge in [-0.05, 0) is 25.5 Å². The highest BCUT2D eigenvalue weighted by Gasteiger charge is 2.27. The van der Waals surface area contributed by atoms with Gasteiger partial charge in [0, 0.05) is 0 Å². The molecule has 3 aromatic rings. The first-order valence-corrected chi connectivity index (χ1v) is 7.96. The number of benzene rings is 1. The molecule has 0 saturated heterocycles. The fraction of sp³-hybridized carbons (Fsp3) is 0.353. The fourth-order valence-corrected chi connectivity index (χ4v) is 2.85. The maximum Gasteiger partial charge on any atom is 0.344 e. The average molecular weight is 328 g/mol. The van der Waals surface area contributed by atoms with E-state index in [1.54, 1.807) is 11.5 Å². The average Bonchev–Trinajstić information content (AvgIpc) is 2.86. The van der Waals surface area contributed by atoms with Crippen molar-refractivity contribution >= 4 is 34.0 Å². The number of nitrogens with two attached hydrogens (primary N) is 1. The quantitative estimate of drug-likeness (QED) is 0.697. The smallest absolute Gasteiger partial charge is 0.344 e. The number of carbonyl (C=O) groups is 1. The molecular formula is C17H20N4O3. The zero-order chi connectivity index (χ0) is 17.3. The summed E-state index contributed by atoms with van der Waals surface area (Å²) in [4.78, 5) is 21.6. The molecule has 1 aromatic carbocycles. The molecule has 0 saturated carbocycles. The molecule has 0 aliphatic rings. The van der Waals surface area contributed by atoms with Gasteiger partial charge in [-0.25, -0.2) is 14.8 Å². The van der Waals surface area contributed by atoms with E-state index in [1.807, 2.05) is 31.2 Å². The maximum atomic E-state index is 12.4. The Hall–Kier alpha value is -2.67. The summed E-state index contributed by atoms with van der Waals surface area (Å²) < 4.78 is 6.81. The van der Waals surface area contributed by atoms with Gasteiger partial charge in [0.1, 0.15) is 16.9 Å². The van der Waals surface area contributed by atoms with Gasteiger partial charge in [-0.3, -0.25) is 0 Å². The molecule has 3 N–H and O–H groups in total. The van der Waals surface area contributed by atoms with Gasteiger partial charge in [0.15, 0.2) is 5.65 Å². The molecule has 7 nitrogen and oxygen atoms in total. The number of carbonyl (C=O) groups excluding carboxylic acids is 1. The minimum atomic E-state index is -0.531. The van der Waals surface area contributed by atoms with Crippen molar-refractivity contribution in [1.82, 2.24) is 14.5 Å². The second-order valence-corrected chi connectivity index (χ2v) is 5.48. The number of anilines is 1. The molecule has 3 rings (SSSR count). The third-order valence-corrected chi connectivity index (χ3v) is 4.06. The molecule has 1 atom stereocenters. The number of nitrogens with zero attached hydrogens (tertiary/aromatic N) is 3. The van der Waals surface area contributed by atoms with E-state index in [9.17, 15) is 9.90 Å². The summed E-state index contributed by atoms with van der Waals surface area (Å²) in [7, 11) is 0. The van der Waals surface area contributed by atoms with Gasteiger partial charge in [-0.1, -0.05) is 19.1 Å². The van der Waals surface area contributed by atoms with Gasteiger partial charge in [-0.15, -0.1) is 0 Å². The predicted octanol–water partition coefficient (Wildman–Crippen LogP) is 2.29. The minimum absolute atomic E-state index is 0.110. The van der Waals surface area contributed by atoms with E-state index >= 15 is 0 Å². The van der Waals surface area contributed by atoms with E-state index in [1.165, 1.54) is 0 Å². The second-order valence-electron chi connectivity index (χ2n) is 5.48. The van der Waals surface area contributed by atoms with Crippen molar-refractivity contribution in [1.29, 1.82) is 0 Å². The van der Waals surface area contributed by atoms with Gasteiger partial charge in [0.25, 0.3) is 0 Å². The Morgan fingerprint density at radius 3 is 2.54 bits per heavy atom. The topological polar surface area (TPSA) is 103 Å². The van der Waals surface area contributed by atoms with E-state index in [4.69, 9.17) is 10.5 Å². The van der Waals surface area contributed by atoms with Crippen LogP contribution >= 0.6 is 0 Å². The van der Waals surface area contributed by atoms with Crippen LogP contribution < -0.4 is 5.73 Å². The third kappa shape index (κ3) is 2.46. The number of rotatable bonds is 5. The van der Waals surface area contributed by atoms with Crippen LogP contribution in [0.4, 0.5) is 5.82 Å². The van der Waals surface area contributed by atoms with Gasteiger partial charge in [0.05, 0.1) is 30.3 Å². The molecule has 0 aliphatic heterocycles. The van der Waals surface area contributed by atoms with Crippen molar-refractivity contribution in [3.63, 3.8) is 0 Å². The predicted molar refractivity (Wildman–Crippen MR) is 91.8 cm³/mol.